The Labute approximate surface area is 111 Å². The number of nitro benzene ring substituents is 1. The van der Waals surface area contributed by atoms with Gasteiger partial charge in [-0.25, -0.2) is 0 Å². The molecule has 0 aromatic heterocycles. The normalized spacial score (nSPS) is 10.2. The summed E-state index contributed by atoms with van der Waals surface area (Å²) in [5.41, 5.74) is 1.19. The first kappa shape index (κ1) is 11.8. The van der Waals surface area contributed by atoms with E-state index in [0.717, 1.165) is 9.13 Å². The van der Waals surface area contributed by atoms with E-state index in [-0.39, 0.29) is 11.4 Å². The topological polar surface area (TPSA) is 63.4 Å². The molecule has 5 heteroatoms. The molecule has 0 saturated carbocycles. The number of nitrogens with zero attached hydrogens (tertiary/aromatic N) is 1. The number of non-ortho nitro benzene ring substituents is 1. The molecule has 0 atom stereocenters. The molecule has 2 rings (SSSR count). The number of halogens is 1. The zero-order valence-corrected chi connectivity index (χ0v) is 10.8. The zero-order valence-electron chi connectivity index (χ0n) is 8.63. The van der Waals surface area contributed by atoms with Crippen molar-refractivity contribution in [1.82, 2.24) is 0 Å². The predicted molar refractivity (Wildman–Crippen MR) is 72.9 cm³/mol. The number of aromatic hydroxyl groups is 1. The Morgan fingerprint density at radius 1 is 1.12 bits per heavy atom. The number of phenols is 1. The van der Waals surface area contributed by atoms with Crippen LogP contribution in [0, 0.1) is 13.7 Å². The first-order chi connectivity index (χ1) is 8.08. The van der Waals surface area contributed by atoms with Crippen molar-refractivity contribution in [3.8, 4) is 16.9 Å². The fourth-order valence-electron chi connectivity index (χ4n) is 1.50. The summed E-state index contributed by atoms with van der Waals surface area (Å²) in [5, 5.41) is 20.4. The SMILES string of the molecule is O=[N+]([O-])c1ccc(O)c(-c2ccc(I)cc2)c1. The largest absolute Gasteiger partial charge is 0.507 e. The van der Waals surface area contributed by atoms with Crippen LogP contribution in [0.4, 0.5) is 5.69 Å². The molecule has 0 unspecified atom stereocenters. The van der Waals surface area contributed by atoms with Crippen molar-refractivity contribution in [3.05, 3.63) is 56.1 Å². The van der Waals surface area contributed by atoms with Crippen LogP contribution in [-0.2, 0) is 0 Å². The first-order valence-electron chi connectivity index (χ1n) is 4.81. The highest BCUT2D eigenvalue weighted by molar-refractivity contribution is 14.1. The number of benzene rings is 2. The molecular weight excluding hydrogens is 333 g/mol. The van der Waals surface area contributed by atoms with Gasteiger partial charge >= 0.3 is 0 Å². The molecule has 2 aromatic carbocycles. The number of rotatable bonds is 2. The van der Waals surface area contributed by atoms with E-state index in [9.17, 15) is 15.2 Å². The molecule has 0 aliphatic carbocycles. The maximum absolute atomic E-state index is 10.7. The molecule has 4 nitrogen and oxygen atoms in total. The number of phenolic OH excluding ortho intramolecular Hbond substituents is 1. The summed E-state index contributed by atoms with van der Waals surface area (Å²) in [7, 11) is 0. The van der Waals surface area contributed by atoms with E-state index < -0.39 is 4.92 Å². The molecule has 0 spiro atoms. The van der Waals surface area contributed by atoms with E-state index in [1.165, 1.54) is 18.2 Å². The van der Waals surface area contributed by atoms with Crippen LogP contribution in [0.15, 0.2) is 42.5 Å². The summed E-state index contributed by atoms with van der Waals surface area (Å²) in [6, 6.07) is 11.4. The lowest BCUT2D eigenvalue weighted by atomic mass is 10.0. The Balaban J connectivity index is 2.54. The van der Waals surface area contributed by atoms with Crippen LogP contribution in [0.1, 0.15) is 0 Å². The van der Waals surface area contributed by atoms with Gasteiger partial charge in [0.2, 0.25) is 0 Å². The van der Waals surface area contributed by atoms with Crippen LogP contribution in [0.3, 0.4) is 0 Å². The monoisotopic (exact) mass is 341 g/mol. The van der Waals surface area contributed by atoms with E-state index in [4.69, 9.17) is 0 Å². The average Bonchev–Trinajstić information content (AvgIpc) is 2.31. The second kappa shape index (κ2) is 4.70. The third-order valence-corrected chi connectivity index (χ3v) is 3.07. The van der Waals surface area contributed by atoms with Gasteiger partial charge in [-0.3, -0.25) is 10.1 Å². The third kappa shape index (κ3) is 2.55. The standard InChI is InChI=1S/C12H8INO3/c13-9-3-1-8(2-4-9)11-7-10(14(16)17)5-6-12(11)15/h1-7,15H. The molecule has 0 radical (unpaired) electrons. The first-order valence-corrected chi connectivity index (χ1v) is 5.89. The van der Waals surface area contributed by atoms with Gasteiger partial charge in [-0.1, -0.05) is 12.1 Å². The summed E-state index contributed by atoms with van der Waals surface area (Å²) in [6.07, 6.45) is 0. The molecule has 0 saturated heterocycles. The summed E-state index contributed by atoms with van der Waals surface area (Å²) in [5.74, 6) is 0.0387. The zero-order chi connectivity index (χ0) is 12.4. The van der Waals surface area contributed by atoms with Crippen LogP contribution in [0.2, 0.25) is 0 Å². The molecule has 86 valence electrons. The van der Waals surface area contributed by atoms with Gasteiger partial charge in [0.25, 0.3) is 5.69 Å². The maximum Gasteiger partial charge on any atom is 0.270 e. The van der Waals surface area contributed by atoms with Gasteiger partial charge in [-0.2, -0.15) is 0 Å². The van der Waals surface area contributed by atoms with Crippen LogP contribution in [0.25, 0.3) is 11.1 Å². The maximum atomic E-state index is 10.7. The highest BCUT2D eigenvalue weighted by Gasteiger charge is 2.11. The Morgan fingerprint density at radius 2 is 1.76 bits per heavy atom. The molecule has 2 aromatic rings. The van der Waals surface area contributed by atoms with Gasteiger partial charge in [-0.15, -0.1) is 0 Å². The van der Waals surface area contributed by atoms with Crippen molar-refractivity contribution >= 4 is 28.3 Å². The van der Waals surface area contributed by atoms with Gasteiger partial charge < -0.3 is 5.11 Å². The number of hydrogen-bond acceptors (Lipinski definition) is 3. The van der Waals surface area contributed by atoms with Crippen LogP contribution in [0.5, 0.6) is 5.75 Å². The molecule has 0 aliphatic heterocycles. The van der Waals surface area contributed by atoms with Gasteiger partial charge in [0.05, 0.1) is 4.92 Å². The third-order valence-electron chi connectivity index (χ3n) is 2.35. The molecular formula is C12H8INO3. The molecule has 0 amide bonds. The second-order valence-corrected chi connectivity index (χ2v) is 4.71. The fraction of sp³-hybridized carbons (Fsp3) is 0. The van der Waals surface area contributed by atoms with Crippen molar-refractivity contribution in [1.29, 1.82) is 0 Å². The van der Waals surface area contributed by atoms with Gasteiger partial charge in [-0.05, 0) is 46.4 Å². The average molecular weight is 341 g/mol. The fourth-order valence-corrected chi connectivity index (χ4v) is 1.86. The quantitative estimate of drug-likeness (QED) is 0.516. The van der Waals surface area contributed by atoms with Crippen molar-refractivity contribution in [2.45, 2.75) is 0 Å². The van der Waals surface area contributed by atoms with E-state index in [0.29, 0.717) is 5.56 Å². The highest BCUT2D eigenvalue weighted by atomic mass is 127. The Bertz CT molecular complexity index is 566. The Morgan fingerprint density at radius 3 is 2.35 bits per heavy atom. The van der Waals surface area contributed by atoms with Gasteiger partial charge in [0.15, 0.2) is 0 Å². The summed E-state index contributed by atoms with van der Waals surface area (Å²) in [6.45, 7) is 0. The van der Waals surface area contributed by atoms with Crippen molar-refractivity contribution < 1.29 is 10.0 Å². The summed E-state index contributed by atoms with van der Waals surface area (Å²) < 4.78 is 1.07. The highest BCUT2D eigenvalue weighted by Crippen LogP contribution is 2.32. The molecule has 0 heterocycles. The minimum atomic E-state index is -0.477. The van der Waals surface area contributed by atoms with Crippen molar-refractivity contribution in [3.63, 3.8) is 0 Å². The lowest BCUT2D eigenvalue weighted by Gasteiger charge is -2.04. The molecule has 17 heavy (non-hydrogen) atoms. The number of nitro groups is 1. The second-order valence-electron chi connectivity index (χ2n) is 3.47. The van der Waals surface area contributed by atoms with E-state index in [2.05, 4.69) is 22.6 Å². The smallest absolute Gasteiger partial charge is 0.270 e. The summed E-state index contributed by atoms with van der Waals surface area (Å²) >= 11 is 2.17. The molecule has 0 bridgehead atoms. The summed E-state index contributed by atoms with van der Waals surface area (Å²) in [4.78, 5) is 10.2. The minimum absolute atomic E-state index is 0.0312. The van der Waals surface area contributed by atoms with E-state index >= 15 is 0 Å². The molecule has 0 aliphatic rings. The minimum Gasteiger partial charge on any atom is -0.507 e. The Hall–Kier alpha value is -1.63. The van der Waals surface area contributed by atoms with Gasteiger partial charge in [0, 0.05) is 21.3 Å². The van der Waals surface area contributed by atoms with Gasteiger partial charge in [0.1, 0.15) is 5.75 Å². The van der Waals surface area contributed by atoms with Crippen LogP contribution < -0.4 is 0 Å². The molecule has 1 N–H and O–H groups in total. The number of hydrogen-bond donors (Lipinski definition) is 1. The van der Waals surface area contributed by atoms with Crippen LogP contribution in [-0.4, -0.2) is 10.0 Å². The predicted octanol–water partition coefficient (Wildman–Crippen LogP) is 3.57. The van der Waals surface area contributed by atoms with E-state index in [1.54, 1.807) is 0 Å². The molecule has 0 fully saturated rings. The van der Waals surface area contributed by atoms with Crippen molar-refractivity contribution in [2.75, 3.05) is 0 Å². The lowest BCUT2D eigenvalue weighted by molar-refractivity contribution is -0.384. The Kier molecular flexibility index (Phi) is 3.28. The van der Waals surface area contributed by atoms with Crippen molar-refractivity contribution in [2.24, 2.45) is 0 Å². The van der Waals surface area contributed by atoms with E-state index in [1.807, 2.05) is 24.3 Å². The van der Waals surface area contributed by atoms with Crippen LogP contribution >= 0.6 is 22.6 Å². The lowest BCUT2D eigenvalue weighted by Crippen LogP contribution is -1.88.